The third-order valence-electron chi connectivity index (χ3n) is 22.8. The summed E-state index contributed by atoms with van der Waals surface area (Å²) < 4.78 is 0. The molecule has 11 aromatic carbocycles. The number of anilines is 6. The Morgan fingerprint density at radius 1 is 0.272 bits per heavy atom. The first-order valence-electron chi connectivity index (χ1n) is 38.2. The van der Waals surface area contributed by atoms with Crippen molar-refractivity contribution in [1.29, 1.82) is 0 Å². The summed E-state index contributed by atoms with van der Waals surface area (Å²) in [5.74, 6) is 2.91. The van der Waals surface area contributed by atoms with Crippen LogP contribution in [-0.2, 0) is 21.7 Å². The van der Waals surface area contributed by atoms with Gasteiger partial charge in [0, 0.05) is 50.8 Å². The van der Waals surface area contributed by atoms with Crippen LogP contribution in [0.4, 0.5) is 34.1 Å². The van der Waals surface area contributed by atoms with Crippen molar-refractivity contribution in [2.45, 2.75) is 181 Å². The number of aromatic nitrogens is 3. The molecule has 2 saturated carbocycles. The molecule has 0 radical (unpaired) electrons. The maximum atomic E-state index is 5.92. The summed E-state index contributed by atoms with van der Waals surface area (Å²) in [4.78, 5) is 22.9. The van der Waals surface area contributed by atoms with Gasteiger partial charge in [-0.05, 0) is 238 Å². The number of hydrogen-bond acceptors (Lipinski definition) is 5. The van der Waals surface area contributed by atoms with E-state index in [0.717, 1.165) is 61.7 Å². The van der Waals surface area contributed by atoms with E-state index in [9.17, 15) is 0 Å². The van der Waals surface area contributed by atoms with Gasteiger partial charge in [-0.25, -0.2) is 15.0 Å². The first-order valence-corrected chi connectivity index (χ1v) is 38.2. The summed E-state index contributed by atoms with van der Waals surface area (Å²) in [6.45, 7) is 27.7. The predicted molar refractivity (Wildman–Crippen MR) is 438 cm³/mol. The second-order valence-corrected chi connectivity index (χ2v) is 34.2. The number of rotatable bonds is 11. The second kappa shape index (κ2) is 26.7. The lowest BCUT2D eigenvalue weighted by Crippen LogP contribution is -2.61. The van der Waals surface area contributed by atoms with Gasteiger partial charge < -0.3 is 9.80 Å². The zero-order valence-corrected chi connectivity index (χ0v) is 62.6. The zero-order valence-electron chi connectivity index (χ0n) is 62.6. The summed E-state index contributed by atoms with van der Waals surface area (Å²) in [5.41, 5.74) is 30.3. The van der Waals surface area contributed by atoms with Gasteiger partial charge >= 0.3 is 0 Å². The van der Waals surface area contributed by atoms with Crippen LogP contribution in [0.1, 0.15) is 193 Å². The van der Waals surface area contributed by atoms with Gasteiger partial charge in [0.15, 0.2) is 17.5 Å². The van der Waals surface area contributed by atoms with Gasteiger partial charge in [-0.2, -0.15) is 0 Å². The van der Waals surface area contributed by atoms with Crippen molar-refractivity contribution in [3.63, 3.8) is 0 Å². The van der Waals surface area contributed by atoms with Gasteiger partial charge in [-0.1, -0.05) is 279 Å². The Hall–Kier alpha value is -9.91. The quantitative estimate of drug-likeness (QED) is 0.121. The highest BCUT2D eigenvalue weighted by Crippen LogP contribution is 2.51. The third kappa shape index (κ3) is 13.4. The molecule has 16 rings (SSSR count). The summed E-state index contributed by atoms with van der Waals surface area (Å²) in [6.07, 6.45) is 12.5. The Morgan fingerprint density at radius 3 is 0.854 bits per heavy atom. The molecule has 0 unspecified atom stereocenters. The molecule has 0 amide bonds. The summed E-state index contributed by atoms with van der Waals surface area (Å²) in [6, 6.07) is 93.1. The van der Waals surface area contributed by atoms with Crippen molar-refractivity contribution in [3.8, 4) is 78.7 Å². The molecule has 6 heteroatoms. The smallest absolute Gasteiger partial charge is 0.252 e. The molecule has 2 aliphatic carbocycles. The van der Waals surface area contributed by atoms with Crippen molar-refractivity contribution in [2.24, 2.45) is 0 Å². The lowest BCUT2D eigenvalue weighted by atomic mass is 9.33. The van der Waals surface area contributed by atoms with E-state index in [1.165, 1.54) is 148 Å². The molecule has 103 heavy (non-hydrogen) atoms. The highest BCUT2D eigenvalue weighted by atomic mass is 15.2. The van der Waals surface area contributed by atoms with Crippen LogP contribution in [0, 0.1) is 0 Å². The van der Waals surface area contributed by atoms with Gasteiger partial charge in [-0.3, -0.25) is 0 Å². The normalized spacial score (nSPS) is 15.0. The number of benzene rings is 11. The van der Waals surface area contributed by atoms with Crippen molar-refractivity contribution >= 4 is 57.2 Å². The molecule has 0 saturated heterocycles. The molecule has 2 fully saturated rings. The fraction of sp³-hybridized carbons (Fsp3) is 0.289. The number of nitrogens with zero attached hydrogens (tertiary/aromatic N) is 5. The van der Waals surface area contributed by atoms with Gasteiger partial charge in [0.25, 0.3) is 6.71 Å². The van der Waals surface area contributed by atoms with E-state index in [1.807, 2.05) is 0 Å². The van der Waals surface area contributed by atoms with Gasteiger partial charge in [-0.15, -0.1) is 0 Å². The standard InChI is InChI=1S/C97H98BN5/c1-94(2,3)78-49-75(50-79(61-78)95(4,5)6)91-99-92(76-51-80(96(7,8)9)62-81(52-76)97(10,11)12)101-93(100-91)77-59-88-90-89(60-77)103(83-55-73(67-39-27-17-28-40-67)48-74(56-83)68-41-29-18-30-42-68)87-46-44-70(64-33-21-14-22-34-64)58-85(87)98(90)84-57-69(63-31-19-13-20-32-63)43-45-86(84)102(88)82-53-71(65-35-23-15-24-36-65)47-72(54-82)66-37-25-16-26-38-66/h15-18,23-30,35-64H,13-14,19-22,31-34H2,1-12H3. The fourth-order valence-corrected chi connectivity index (χ4v) is 16.8. The van der Waals surface area contributed by atoms with E-state index < -0.39 is 0 Å². The van der Waals surface area contributed by atoms with E-state index >= 15 is 0 Å². The molecule has 0 N–H and O–H groups in total. The maximum Gasteiger partial charge on any atom is 0.252 e. The topological polar surface area (TPSA) is 45.2 Å². The average Bonchev–Trinajstić information content (AvgIpc) is 0.692. The van der Waals surface area contributed by atoms with E-state index in [2.05, 4.69) is 336 Å². The molecular formula is C97H98BN5. The fourth-order valence-electron chi connectivity index (χ4n) is 16.8. The van der Waals surface area contributed by atoms with E-state index in [4.69, 9.17) is 15.0 Å². The first-order chi connectivity index (χ1) is 49.5. The molecule has 1 aromatic heterocycles. The highest BCUT2D eigenvalue weighted by molar-refractivity contribution is 7.00. The van der Waals surface area contributed by atoms with E-state index in [-0.39, 0.29) is 28.4 Å². The molecule has 5 nitrogen and oxygen atoms in total. The largest absolute Gasteiger partial charge is 0.311 e. The van der Waals surface area contributed by atoms with Crippen LogP contribution >= 0.6 is 0 Å². The molecular weight excluding hydrogens is 1250 g/mol. The second-order valence-electron chi connectivity index (χ2n) is 34.2. The van der Waals surface area contributed by atoms with E-state index in [0.29, 0.717) is 29.3 Å². The van der Waals surface area contributed by atoms with Crippen molar-refractivity contribution in [1.82, 2.24) is 15.0 Å². The van der Waals surface area contributed by atoms with Crippen LogP contribution in [0.25, 0.3) is 78.7 Å². The van der Waals surface area contributed by atoms with Gasteiger partial charge in [0.2, 0.25) is 0 Å². The lowest BCUT2D eigenvalue weighted by Gasteiger charge is -2.45. The van der Waals surface area contributed by atoms with Gasteiger partial charge in [0.05, 0.1) is 0 Å². The van der Waals surface area contributed by atoms with Crippen LogP contribution in [0.5, 0.6) is 0 Å². The molecule has 514 valence electrons. The summed E-state index contributed by atoms with van der Waals surface area (Å²) in [5, 5.41) is 0. The third-order valence-corrected chi connectivity index (χ3v) is 22.8. The molecule has 3 heterocycles. The maximum absolute atomic E-state index is 5.92. The Kier molecular flexibility index (Phi) is 17.5. The molecule has 2 aliphatic heterocycles. The summed E-state index contributed by atoms with van der Waals surface area (Å²) >= 11 is 0. The Morgan fingerprint density at radius 2 is 0.563 bits per heavy atom. The lowest BCUT2D eigenvalue weighted by molar-refractivity contribution is 0.444. The minimum atomic E-state index is -0.154. The Labute approximate surface area is 613 Å². The predicted octanol–water partition coefficient (Wildman–Crippen LogP) is 24.9. The minimum absolute atomic E-state index is 0.128. The number of hydrogen-bond donors (Lipinski definition) is 0. The van der Waals surface area contributed by atoms with Crippen LogP contribution in [-0.4, -0.2) is 21.7 Å². The summed E-state index contributed by atoms with van der Waals surface area (Å²) in [7, 11) is 0. The minimum Gasteiger partial charge on any atom is -0.311 e. The van der Waals surface area contributed by atoms with Crippen molar-refractivity contribution in [2.75, 3.05) is 9.80 Å². The van der Waals surface area contributed by atoms with Crippen LogP contribution < -0.4 is 26.2 Å². The molecule has 0 atom stereocenters. The first kappa shape index (κ1) is 67.6. The highest BCUT2D eigenvalue weighted by Gasteiger charge is 2.45. The van der Waals surface area contributed by atoms with Gasteiger partial charge in [0.1, 0.15) is 0 Å². The van der Waals surface area contributed by atoms with Crippen molar-refractivity contribution < 1.29 is 0 Å². The van der Waals surface area contributed by atoms with Crippen molar-refractivity contribution in [3.05, 3.63) is 276 Å². The average molecular weight is 1340 g/mol. The van der Waals surface area contributed by atoms with Crippen LogP contribution in [0.15, 0.2) is 243 Å². The van der Waals surface area contributed by atoms with E-state index in [1.54, 1.807) is 0 Å². The Balaban J connectivity index is 1.06. The SMILES string of the molecule is CC(C)(C)c1cc(-c2nc(-c3cc(C(C)(C)C)cc(C(C)(C)C)c3)nc(-c3cc4c5c(c3)N(c3cc(-c6ccccc6)cc(-c6ccccc6)c3)c3ccc(C6CCCCC6)cc3B5c3cc(C5CCCCC5)ccc3N4c3cc(-c4ccccc4)cc(-c4ccccc4)c3)n2)cc(C(C)(C)C)c1. The Bertz CT molecular complexity index is 4660. The molecule has 12 aromatic rings. The molecule has 0 spiro atoms. The van der Waals surface area contributed by atoms with Crippen LogP contribution in [0.3, 0.4) is 0 Å². The molecule has 0 bridgehead atoms. The zero-order chi connectivity index (χ0) is 71.1. The van der Waals surface area contributed by atoms with Crippen LogP contribution in [0.2, 0.25) is 0 Å². The molecule has 4 aliphatic rings. The monoisotopic (exact) mass is 1340 g/mol. The number of fused-ring (bicyclic) bond motifs is 4.